The number of anilines is 2. The standard InChI is InChI=1S/C15H15N3O3/c1-9-3-5-13(12(16)7-9)17-15(19)11-4-6-14(18(20)21)10(2)8-11/h3-8H,16H2,1-2H3,(H,17,19). The summed E-state index contributed by atoms with van der Waals surface area (Å²) in [6.45, 7) is 3.50. The molecular weight excluding hydrogens is 270 g/mol. The van der Waals surface area contributed by atoms with Crippen molar-refractivity contribution < 1.29 is 9.72 Å². The number of aryl methyl sites for hydroxylation is 2. The molecule has 21 heavy (non-hydrogen) atoms. The number of amides is 1. The van der Waals surface area contributed by atoms with Gasteiger partial charge >= 0.3 is 0 Å². The molecule has 6 nitrogen and oxygen atoms in total. The lowest BCUT2D eigenvalue weighted by molar-refractivity contribution is -0.385. The number of carbonyl (C=O) groups is 1. The highest BCUT2D eigenvalue weighted by atomic mass is 16.6. The number of nitrogens with two attached hydrogens (primary N) is 1. The van der Waals surface area contributed by atoms with Gasteiger partial charge in [0.25, 0.3) is 11.6 Å². The summed E-state index contributed by atoms with van der Waals surface area (Å²) in [6.07, 6.45) is 0. The van der Waals surface area contributed by atoms with E-state index in [1.54, 1.807) is 19.1 Å². The van der Waals surface area contributed by atoms with Crippen molar-refractivity contribution >= 4 is 23.0 Å². The van der Waals surface area contributed by atoms with Crippen LogP contribution in [0.25, 0.3) is 0 Å². The number of carbonyl (C=O) groups excluding carboxylic acids is 1. The van der Waals surface area contributed by atoms with Crippen LogP contribution in [0.1, 0.15) is 21.5 Å². The van der Waals surface area contributed by atoms with Crippen LogP contribution in [-0.2, 0) is 0 Å². The zero-order chi connectivity index (χ0) is 15.6. The van der Waals surface area contributed by atoms with E-state index in [0.717, 1.165) is 5.56 Å². The Bertz CT molecular complexity index is 726. The van der Waals surface area contributed by atoms with Gasteiger partial charge in [0.15, 0.2) is 0 Å². The molecule has 3 N–H and O–H groups in total. The van der Waals surface area contributed by atoms with Gasteiger partial charge < -0.3 is 11.1 Å². The Morgan fingerprint density at radius 1 is 1.19 bits per heavy atom. The molecule has 0 bridgehead atoms. The van der Waals surface area contributed by atoms with Crippen molar-refractivity contribution in [2.24, 2.45) is 0 Å². The summed E-state index contributed by atoms with van der Waals surface area (Å²) in [5.74, 6) is -0.358. The molecule has 108 valence electrons. The second-order valence-corrected chi connectivity index (χ2v) is 4.80. The van der Waals surface area contributed by atoms with Crippen LogP contribution >= 0.6 is 0 Å². The van der Waals surface area contributed by atoms with Crippen LogP contribution in [0.2, 0.25) is 0 Å². The van der Waals surface area contributed by atoms with E-state index >= 15 is 0 Å². The summed E-state index contributed by atoms with van der Waals surface area (Å²) in [5, 5.41) is 13.5. The molecule has 0 fully saturated rings. The quantitative estimate of drug-likeness (QED) is 0.514. The van der Waals surface area contributed by atoms with Crippen molar-refractivity contribution in [1.29, 1.82) is 0 Å². The minimum absolute atomic E-state index is 0.0126. The molecule has 1 amide bonds. The van der Waals surface area contributed by atoms with Gasteiger partial charge in [-0.3, -0.25) is 14.9 Å². The third-order valence-corrected chi connectivity index (χ3v) is 3.11. The summed E-state index contributed by atoms with van der Waals surface area (Å²) in [6, 6.07) is 9.55. The lowest BCUT2D eigenvalue weighted by Gasteiger charge is -2.09. The number of hydrogen-bond acceptors (Lipinski definition) is 4. The van der Waals surface area contributed by atoms with Gasteiger partial charge in [-0.05, 0) is 43.7 Å². The molecule has 0 radical (unpaired) electrons. The van der Waals surface area contributed by atoms with Crippen LogP contribution in [0.15, 0.2) is 36.4 Å². The molecule has 0 aliphatic rings. The summed E-state index contributed by atoms with van der Waals surface area (Å²) >= 11 is 0. The second kappa shape index (κ2) is 5.62. The topological polar surface area (TPSA) is 98.3 Å². The fraction of sp³-hybridized carbons (Fsp3) is 0.133. The third-order valence-electron chi connectivity index (χ3n) is 3.11. The van der Waals surface area contributed by atoms with Gasteiger partial charge in [0, 0.05) is 17.2 Å². The molecule has 0 atom stereocenters. The molecule has 6 heteroatoms. The first-order chi connectivity index (χ1) is 9.88. The molecule has 2 aromatic carbocycles. The average molecular weight is 285 g/mol. The largest absolute Gasteiger partial charge is 0.397 e. The number of nitro groups is 1. The fourth-order valence-corrected chi connectivity index (χ4v) is 1.99. The van der Waals surface area contributed by atoms with Crippen LogP contribution in [0.5, 0.6) is 0 Å². The minimum atomic E-state index is -0.477. The van der Waals surface area contributed by atoms with Crippen molar-refractivity contribution in [2.75, 3.05) is 11.1 Å². The van der Waals surface area contributed by atoms with Gasteiger partial charge in [-0.25, -0.2) is 0 Å². The number of nitrogens with one attached hydrogen (secondary N) is 1. The van der Waals surface area contributed by atoms with E-state index in [9.17, 15) is 14.9 Å². The zero-order valence-electron chi connectivity index (χ0n) is 11.7. The van der Waals surface area contributed by atoms with Crippen LogP contribution in [0.4, 0.5) is 17.1 Å². The van der Waals surface area contributed by atoms with Crippen molar-refractivity contribution in [3.8, 4) is 0 Å². The maximum atomic E-state index is 12.1. The van der Waals surface area contributed by atoms with E-state index in [4.69, 9.17) is 5.73 Å². The van der Waals surface area contributed by atoms with Gasteiger partial charge in [-0.1, -0.05) is 6.07 Å². The van der Waals surface area contributed by atoms with E-state index in [1.165, 1.54) is 18.2 Å². The molecule has 0 saturated carbocycles. The van der Waals surface area contributed by atoms with Gasteiger partial charge in [0.2, 0.25) is 0 Å². The maximum absolute atomic E-state index is 12.1. The summed E-state index contributed by atoms with van der Waals surface area (Å²) in [4.78, 5) is 22.4. The highest BCUT2D eigenvalue weighted by molar-refractivity contribution is 6.06. The molecule has 2 aromatic rings. The van der Waals surface area contributed by atoms with Crippen molar-refractivity contribution in [3.05, 3.63) is 63.2 Å². The van der Waals surface area contributed by atoms with Crippen LogP contribution in [-0.4, -0.2) is 10.8 Å². The van der Waals surface area contributed by atoms with E-state index < -0.39 is 4.92 Å². The number of hydrogen-bond donors (Lipinski definition) is 2. The number of nitrogens with zero attached hydrogens (tertiary/aromatic N) is 1. The van der Waals surface area contributed by atoms with E-state index in [2.05, 4.69) is 5.32 Å². The Kier molecular flexibility index (Phi) is 3.89. The van der Waals surface area contributed by atoms with E-state index in [1.807, 2.05) is 13.0 Å². The van der Waals surface area contributed by atoms with Crippen molar-refractivity contribution in [1.82, 2.24) is 0 Å². The third kappa shape index (κ3) is 3.17. The predicted octanol–water partition coefficient (Wildman–Crippen LogP) is 3.05. The fourth-order valence-electron chi connectivity index (χ4n) is 1.99. The Balaban J connectivity index is 2.24. The van der Waals surface area contributed by atoms with E-state index in [-0.39, 0.29) is 11.6 Å². The Labute approximate surface area is 121 Å². The molecule has 0 unspecified atom stereocenters. The lowest BCUT2D eigenvalue weighted by Crippen LogP contribution is -2.13. The van der Waals surface area contributed by atoms with Crippen molar-refractivity contribution in [2.45, 2.75) is 13.8 Å². The first-order valence-electron chi connectivity index (χ1n) is 6.31. The van der Waals surface area contributed by atoms with Crippen LogP contribution in [0, 0.1) is 24.0 Å². The first kappa shape index (κ1) is 14.5. The number of rotatable bonds is 3. The molecule has 0 aromatic heterocycles. The molecule has 0 aliphatic heterocycles. The van der Waals surface area contributed by atoms with Crippen LogP contribution < -0.4 is 11.1 Å². The lowest BCUT2D eigenvalue weighted by atomic mass is 10.1. The molecule has 0 aliphatic carbocycles. The monoisotopic (exact) mass is 285 g/mol. The molecule has 0 saturated heterocycles. The molecule has 0 spiro atoms. The molecular formula is C15H15N3O3. The Morgan fingerprint density at radius 3 is 2.48 bits per heavy atom. The van der Waals surface area contributed by atoms with Crippen LogP contribution in [0.3, 0.4) is 0 Å². The molecule has 2 rings (SSSR count). The zero-order valence-corrected chi connectivity index (χ0v) is 11.7. The summed E-state index contributed by atoms with van der Waals surface area (Å²) in [7, 11) is 0. The summed E-state index contributed by atoms with van der Waals surface area (Å²) < 4.78 is 0. The smallest absolute Gasteiger partial charge is 0.272 e. The number of nitro benzene ring substituents is 1. The van der Waals surface area contributed by atoms with Crippen molar-refractivity contribution in [3.63, 3.8) is 0 Å². The SMILES string of the molecule is Cc1ccc(NC(=O)c2ccc([N+](=O)[O-])c(C)c2)c(N)c1. The number of nitrogen functional groups attached to an aromatic ring is 1. The highest BCUT2D eigenvalue weighted by Crippen LogP contribution is 2.22. The van der Waals surface area contributed by atoms with Gasteiger partial charge in [-0.15, -0.1) is 0 Å². The second-order valence-electron chi connectivity index (χ2n) is 4.80. The van der Waals surface area contributed by atoms with Gasteiger partial charge in [0.05, 0.1) is 16.3 Å². The van der Waals surface area contributed by atoms with E-state index in [0.29, 0.717) is 22.5 Å². The normalized spacial score (nSPS) is 10.2. The maximum Gasteiger partial charge on any atom is 0.272 e. The van der Waals surface area contributed by atoms with Gasteiger partial charge in [-0.2, -0.15) is 0 Å². The Hall–Kier alpha value is -2.89. The minimum Gasteiger partial charge on any atom is -0.397 e. The first-order valence-corrected chi connectivity index (χ1v) is 6.31. The van der Waals surface area contributed by atoms with Gasteiger partial charge in [0.1, 0.15) is 0 Å². The highest BCUT2D eigenvalue weighted by Gasteiger charge is 2.14. The summed E-state index contributed by atoms with van der Waals surface area (Å²) in [5.41, 5.74) is 8.59. The number of benzene rings is 2. The Morgan fingerprint density at radius 2 is 1.90 bits per heavy atom. The molecule has 0 heterocycles. The average Bonchev–Trinajstić information content (AvgIpc) is 2.41. The predicted molar refractivity (Wildman–Crippen MR) is 81.4 cm³/mol.